The summed E-state index contributed by atoms with van der Waals surface area (Å²) in [4.78, 5) is 14.5. The number of ether oxygens (including phenoxy) is 2. The molecule has 1 saturated heterocycles. The molecule has 1 aromatic rings. The number of sulfonamides is 1. The minimum atomic E-state index is -3.17. The van der Waals surface area contributed by atoms with Gasteiger partial charge in [-0.3, -0.25) is 4.79 Å². The first-order valence-corrected chi connectivity index (χ1v) is 10.7. The van der Waals surface area contributed by atoms with Crippen LogP contribution in [0.5, 0.6) is 11.5 Å². The van der Waals surface area contributed by atoms with Crippen LogP contribution in [-0.4, -0.2) is 68.2 Å². The van der Waals surface area contributed by atoms with E-state index in [4.69, 9.17) is 9.47 Å². The van der Waals surface area contributed by atoms with Crippen molar-refractivity contribution in [2.24, 2.45) is 0 Å². The van der Waals surface area contributed by atoms with E-state index < -0.39 is 10.0 Å². The van der Waals surface area contributed by atoms with E-state index in [1.807, 2.05) is 13.8 Å². The average Bonchev–Trinajstić information content (AvgIpc) is 3.49. The number of hydrogen-bond donors (Lipinski definition) is 0. The fourth-order valence-electron chi connectivity index (χ4n) is 3.09. The molecule has 1 saturated carbocycles. The number of rotatable bonds is 7. The van der Waals surface area contributed by atoms with Crippen molar-refractivity contribution in [2.45, 2.75) is 31.9 Å². The normalized spacial score (nSPS) is 18.6. The van der Waals surface area contributed by atoms with Gasteiger partial charge in [-0.05, 0) is 44.9 Å². The van der Waals surface area contributed by atoms with E-state index in [1.54, 1.807) is 23.1 Å². The molecule has 3 rings (SSSR count). The number of carbonyl (C=O) groups excluding carboxylic acids is 1. The van der Waals surface area contributed by atoms with Crippen LogP contribution >= 0.6 is 0 Å². The monoisotopic (exact) mass is 382 g/mol. The second-order valence-electron chi connectivity index (χ2n) is 6.46. The maximum Gasteiger partial charge on any atom is 0.254 e. The third kappa shape index (κ3) is 3.96. The summed E-state index contributed by atoms with van der Waals surface area (Å²) in [5.74, 6) is 1.05. The van der Waals surface area contributed by atoms with Crippen molar-refractivity contribution < 1.29 is 22.7 Å². The summed E-state index contributed by atoms with van der Waals surface area (Å²) in [5.41, 5.74) is 0.524. The molecular weight excluding hydrogens is 356 g/mol. The van der Waals surface area contributed by atoms with Crippen molar-refractivity contribution in [1.82, 2.24) is 9.21 Å². The molecule has 0 N–H and O–H groups in total. The molecule has 1 amide bonds. The Hall–Kier alpha value is -1.80. The first-order chi connectivity index (χ1) is 12.5. The zero-order valence-corrected chi connectivity index (χ0v) is 16.1. The van der Waals surface area contributed by atoms with E-state index >= 15 is 0 Å². The van der Waals surface area contributed by atoms with E-state index in [9.17, 15) is 13.2 Å². The Morgan fingerprint density at radius 3 is 2.23 bits per heavy atom. The van der Waals surface area contributed by atoms with E-state index in [-0.39, 0.29) is 11.2 Å². The van der Waals surface area contributed by atoms with Gasteiger partial charge in [0.25, 0.3) is 5.91 Å². The minimum Gasteiger partial charge on any atom is -0.490 e. The third-order valence-corrected chi connectivity index (χ3v) is 7.02. The van der Waals surface area contributed by atoms with Gasteiger partial charge in [-0.2, -0.15) is 4.31 Å². The topological polar surface area (TPSA) is 76.2 Å². The lowest BCUT2D eigenvalue weighted by Gasteiger charge is -2.34. The largest absolute Gasteiger partial charge is 0.490 e. The molecule has 0 bridgehead atoms. The Balaban J connectivity index is 1.67. The second kappa shape index (κ2) is 7.84. The Kier molecular flexibility index (Phi) is 5.72. The molecule has 0 spiro atoms. The highest BCUT2D eigenvalue weighted by molar-refractivity contribution is 7.90. The van der Waals surface area contributed by atoms with E-state index in [0.29, 0.717) is 56.5 Å². The van der Waals surface area contributed by atoms with E-state index in [0.717, 1.165) is 12.8 Å². The van der Waals surface area contributed by atoms with Crippen molar-refractivity contribution in [3.8, 4) is 11.5 Å². The number of piperazine rings is 1. The van der Waals surface area contributed by atoms with Crippen LogP contribution in [0.1, 0.15) is 37.0 Å². The molecule has 0 atom stereocenters. The molecule has 1 heterocycles. The van der Waals surface area contributed by atoms with Gasteiger partial charge in [0.15, 0.2) is 11.5 Å². The fourth-order valence-corrected chi connectivity index (χ4v) is 4.91. The highest BCUT2D eigenvalue weighted by atomic mass is 32.2. The number of amides is 1. The molecule has 7 nitrogen and oxygen atoms in total. The first kappa shape index (κ1) is 19.0. The number of carbonyl (C=O) groups is 1. The van der Waals surface area contributed by atoms with Crippen LogP contribution in [0.2, 0.25) is 0 Å². The summed E-state index contributed by atoms with van der Waals surface area (Å²) < 4.78 is 37.2. The summed E-state index contributed by atoms with van der Waals surface area (Å²) in [5, 5.41) is -0.204. The number of nitrogens with zero attached hydrogens (tertiary/aromatic N) is 2. The first-order valence-electron chi connectivity index (χ1n) is 9.15. The molecule has 2 fully saturated rings. The van der Waals surface area contributed by atoms with Gasteiger partial charge in [-0.1, -0.05) is 0 Å². The van der Waals surface area contributed by atoms with E-state index in [2.05, 4.69) is 0 Å². The minimum absolute atomic E-state index is 0.113. The SMILES string of the molecule is CCOc1ccc(C(=O)N2CCN(S(=O)(=O)C3CC3)CC2)cc1OCC. The average molecular weight is 382 g/mol. The Morgan fingerprint density at radius 1 is 1.04 bits per heavy atom. The van der Waals surface area contributed by atoms with Crippen molar-refractivity contribution in [1.29, 1.82) is 0 Å². The molecule has 0 unspecified atom stereocenters. The smallest absolute Gasteiger partial charge is 0.254 e. The second-order valence-corrected chi connectivity index (χ2v) is 8.68. The van der Waals surface area contributed by atoms with Gasteiger partial charge in [0, 0.05) is 31.7 Å². The van der Waals surface area contributed by atoms with Crippen molar-refractivity contribution in [3.05, 3.63) is 23.8 Å². The predicted octanol–water partition coefficient (Wildman–Crippen LogP) is 1.73. The van der Waals surface area contributed by atoms with Crippen LogP contribution in [0.15, 0.2) is 18.2 Å². The maximum absolute atomic E-state index is 12.8. The van der Waals surface area contributed by atoms with Gasteiger partial charge in [0.1, 0.15) is 0 Å². The molecule has 0 aromatic heterocycles. The molecule has 26 heavy (non-hydrogen) atoms. The molecular formula is C18H26N2O5S. The standard InChI is InChI=1S/C18H26N2O5S/c1-3-24-16-8-5-14(13-17(16)25-4-2)18(21)19-9-11-20(12-10-19)26(22,23)15-6-7-15/h5,8,13,15H,3-4,6-7,9-12H2,1-2H3. The summed E-state index contributed by atoms with van der Waals surface area (Å²) in [6, 6.07) is 5.17. The van der Waals surface area contributed by atoms with Crippen molar-refractivity contribution in [2.75, 3.05) is 39.4 Å². The van der Waals surface area contributed by atoms with Crippen LogP contribution in [0.4, 0.5) is 0 Å². The van der Waals surface area contributed by atoms with Gasteiger partial charge in [-0.25, -0.2) is 8.42 Å². The number of benzene rings is 1. The Labute approximate surface area is 154 Å². The quantitative estimate of drug-likeness (QED) is 0.718. The van der Waals surface area contributed by atoms with E-state index in [1.165, 1.54) is 4.31 Å². The Bertz CT molecular complexity index is 753. The third-order valence-electron chi connectivity index (χ3n) is 4.62. The molecule has 144 valence electrons. The molecule has 1 aliphatic carbocycles. The molecule has 1 aromatic carbocycles. The number of hydrogen-bond acceptors (Lipinski definition) is 5. The van der Waals surface area contributed by atoms with Gasteiger partial charge in [0.05, 0.1) is 18.5 Å². The zero-order chi connectivity index (χ0) is 18.7. The molecule has 2 aliphatic rings. The predicted molar refractivity (Wildman–Crippen MR) is 98.2 cm³/mol. The van der Waals surface area contributed by atoms with Crippen molar-refractivity contribution >= 4 is 15.9 Å². The fraction of sp³-hybridized carbons (Fsp3) is 0.611. The Morgan fingerprint density at radius 2 is 1.65 bits per heavy atom. The molecule has 1 aliphatic heterocycles. The maximum atomic E-state index is 12.8. The van der Waals surface area contributed by atoms with Crippen LogP contribution in [-0.2, 0) is 10.0 Å². The van der Waals surface area contributed by atoms with Crippen LogP contribution in [0.3, 0.4) is 0 Å². The zero-order valence-electron chi connectivity index (χ0n) is 15.3. The van der Waals surface area contributed by atoms with Crippen LogP contribution in [0, 0.1) is 0 Å². The summed E-state index contributed by atoms with van der Waals surface area (Å²) in [6.45, 7) is 6.30. The highest BCUT2D eigenvalue weighted by Gasteiger charge is 2.41. The molecule has 8 heteroatoms. The van der Waals surface area contributed by atoms with Gasteiger partial charge in [0.2, 0.25) is 10.0 Å². The summed E-state index contributed by atoms with van der Waals surface area (Å²) in [6.07, 6.45) is 1.52. The highest BCUT2D eigenvalue weighted by Crippen LogP contribution is 2.32. The summed E-state index contributed by atoms with van der Waals surface area (Å²) >= 11 is 0. The van der Waals surface area contributed by atoms with Gasteiger partial charge < -0.3 is 14.4 Å². The lowest BCUT2D eigenvalue weighted by molar-refractivity contribution is 0.0697. The lowest BCUT2D eigenvalue weighted by atomic mass is 10.1. The van der Waals surface area contributed by atoms with Gasteiger partial charge >= 0.3 is 0 Å². The van der Waals surface area contributed by atoms with Crippen molar-refractivity contribution in [3.63, 3.8) is 0 Å². The van der Waals surface area contributed by atoms with Gasteiger partial charge in [-0.15, -0.1) is 0 Å². The summed E-state index contributed by atoms with van der Waals surface area (Å²) in [7, 11) is -3.17. The lowest BCUT2D eigenvalue weighted by Crippen LogP contribution is -2.51. The van der Waals surface area contributed by atoms with Crippen LogP contribution in [0.25, 0.3) is 0 Å². The van der Waals surface area contributed by atoms with Crippen LogP contribution < -0.4 is 9.47 Å². The molecule has 0 radical (unpaired) electrons.